The van der Waals surface area contributed by atoms with Crippen molar-refractivity contribution in [2.45, 2.75) is 62.3 Å². The van der Waals surface area contributed by atoms with Crippen LogP contribution in [0, 0.1) is 0 Å². The van der Waals surface area contributed by atoms with Gasteiger partial charge in [-0.2, -0.15) is 23.5 Å². The van der Waals surface area contributed by atoms with E-state index >= 15 is 0 Å². The van der Waals surface area contributed by atoms with E-state index in [0.29, 0.717) is 10.8 Å². The average Bonchev–Trinajstić information content (AvgIpc) is 2.89. The molecule has 0 saturated carbocycles. The average molecular weight is 304 g/mol. The standard InChI is InChI=1S/C15H29NOS2/c1-4-15(5-2,18-3)11-16-13-6-8-17-14(10-13)7-9-19-12-14/h13,16H,4-12H2,1-3H3. The number of hydrogen-bond acceptors (Lipinski definition) is 4. The van der Waals surface area contributed by atoms with Gasteiger partial charge in [-0.1, -0.05) is 13.8 Å². The Morgan fingerprint density at radius 2 is 2.21 bits per heavy atom. The van der Waals surface area contributed by atoms with Crippen molar-refractivity contribution >= 4 is 23.5 Å². The number of hydrogen-bond donors (Lipinski definition) is 1. The molecule has 0 radical (unpaired) electrons. The minimum atomic E-state index is 0.209. The summed E-state index contributed by atoms with van der Waals surface area (Å²) in [6.45, 7) is 6.74. The summed E-state index contributed by atoms with van der Waals surface area (Å²) in [6.07, 6.45) is 8.42. The molecule has 0 amide bonds. The summed E-state index contributed by atoms with van der Waals surface area (Å²) in [5, 5.41) is 3.86. The van der Waals surface area contributed by atoms with Crippen LogP contribution in [0.2, 0.25) is 0 Å². The lowest BCUT2D eigenvalue weighted by Crippen LogP contribution is -2.50. The molecule has 112 valence electrons. The molecule has 2 atom stereocenters. The van der Waals surface area contributed by atoms with Gasteiger partial charge in [0.25, 0.3) is 0 Å². The molecule has 2 fully saturated rings. The van der Waals surface area contributed by atoms with Gasteiger partial charge in [0.1, 0.15) is 0 Å². The van der Waals surface area contributed by atoms with Crippen LogP contribution in [-0.2, 0) is 4.74 Å². The van der Waals surface area contributed by atoms with E-state index in [1.165, 1.54) is 43.6 Å². The molecule has 1 N–H and O–H groups in total. The maximum atomic E-state index is 6.10. The van der Waals surface area contributed by atoms with Gasteiger partial charge in [0.15, 0.2) is 0 Å². The Hall–Kier alpha value is 0.620. The fourth-order valence-electron chi connectivity index (χ4n) is 3.26. The highest BCUT2D eigenvalue weighted by atomic mass is 32.2. The molecule has 2 nitrogen and oxygen atoms in total. The van der Waals surface area contributed by atoms with Crippen molar-refractivity contribution in [2.24, 2.45) is 0 Å². The second-order valence-electron chi connectivity index (χ2n) is 6.00. The predicted molar refractivity (Wildman–Crippen MR) is 88.5 cm³/mol. The summed E-state index contributed by atoms with van der Waals surface area (Å²) in [4.78, 5) is 0. The first kappa shape index (κ1) is 16.0. The van der Waals surface area contributed by atoms with E-state index < -0.39 is 0 Å². The van der Waals surface area contributed by atoms with Crippen LogP contribution in [0.5, 0.6) is 0 Å². The van der Waals surface area contributed by atoms with E-state index in [1.807, 2.05) is 11.8 Å². The molecule has 0 aliphatic carbocycles. The molecule has 0 aromatic carbocycles. The minimum absolute atomic E-state index is 0.209. The summed E-state index contributed by atoms with van der Waals surface area (Å²) >= 11 is 4.09. The highest BCUT2D eigenvalue weighted by Gasteiger charge is 2.40. The van der Waals surface area contributed by atoms with Crippen LogP contribution in [0.4, 0.5) is 0 Å². The zero-order chi connectivity index (χ0) is 13.8. The van der Waals surface area contributed by atoms with Gasteiger partial charge in [-0.15, -0.1) is 0 Å². The van der Waals surface area contributed by atoms with Gasteiger partial charge in [-0.3, -0.25) is 0 Å². The van der Waals surface area contributed by atoms with Gasteiger partial charge in [0.2, 0.25) is 0 Å². The first-order valence-corrected chi connectivity index (χ1v) is 10.1. The molecule has 2 aliphatic rings. The molecule has 2 saturated heterocycles. The number of ether oxygens (including phenoxy) is 1. The van der Waals surface area contributed by atoms with Gasteiger partial charge in [0.05, 0.1) is 5.60 Å². The zero-order valence-electron chi connectivity index (χ0n) is 12.7. The molecule has 1 spiro atoms. The lowest BCUT2D eigenvalue weighted by molar-refractivity contribution is -0.0702. The van der Waals surface area contributed by atoms with Crippen molar-refractivity contribution in [1.29, 1.82) is 0 Å². The Morgan fingerprint density at radius 1 is 1.42 bits per heavy atom. The molecular weight excluding hydrogens is 274 g/mol. The van der Waals surface area contributed by atoms with Gasteiger partial charge in [0, 0.05) is 29.7 Å². The van der Waals surface area contributed by atoms with E-state index in [1.54, 1.807) is 0 Å². The Labute approximate surface area is 127 Å². The van der Waals surface area contributed by atoms with Crippen LogP contribution in [0.3, 0.4) is 0 Å². The molecule has 0 aromatic heterocycles. The number of rotatable bonds is 6. The normalized spacial score (nSPS) is 32.1. The van der Waals surface area contributed by atoms with Crippen molar-refractivity contribution < 1.29 is 4.74 Å². The molecule has 2 rings (SSSR count). The fourth-order valence-corrected chi connectivity index (χ4v) is 5.44. The van der Waals surface area contributed by atoms with Crippen molar-refractivity contribution in [3.8, 4) is 0 Å². The smallest absolute Gasteiger partial charge is 0.0795 e. The summed E-state index contributed by atoms with van der Waals surface area (Å²) in [6, 6.07) is 0.664. The molecule has 19 heavy (non-hydrogen) atoms. The van der Waals surface area contributed by atoms with Gasteiger partial charge >= 0.3 is 0 Å². The fraction of sp³-hybridized carbons (Fsp3) is 1.00. The van der Waals surface area contributed by atoms with Crippen molar-refractivity contribution in [2.75, 3.05) is 30.9 Å². The maximum Gasteiger partial charge on any atom is 0.0795 e. The van der Waals surface area contributed by atoms with Crippen molar-refractivity contribution in [1.82, 2.24) is 5.32 Å². The third-order valence-electron chi connectivity index (χ3n) is 4.99. The van der Waals surface area contributed by atoms with Crippen LogP contribution in [0.25, 0.3) is 0 Å². The Balaban J connectivity index is 1.85. The molecular formula is C15H29NOS2. The highest BCUT2D eigenvalue weighted by Crippen LogP contribution is 2.38. The van der Waals surface area contributed by atoms with Crippen LogP contribution >= 0.6 is 23.5 Å². The first-order valence-electron chi connectivity index (χ1n) is 7.68. The zero-order valence-corrected chi connectivity index (χ0v) is 14.3. The van der Waals surface area contributed by atoms with Crippen molar-refractivity contribution in [3.05, 3.63) is 0 Å². The maximum absolute atomic E-state index is 6.10. The molecule has 0 aromatic rings. The van der Waals surface area contributed by atoms with E-state index in [-0.39, 0.29) is 5.60 Å². The van der Waals surface area contributed by atoms with Gasteiger partial charge in [-0.25, -0.2) is 0 Å². The van der Waals surface area contributed by atoms with Crippen LogP contribution < -0.4 is 5.32 Å². The summed E-state index contributed by atoms with van der Waals surface area (Å²) < 4.78 is 6.53. The van der Waals surface area contributed by atoms with E-state index in [9.17, 15) is 0 Å². The SMILES string of the molecule is CCC(CC)(CNC1CCOC2(CCSC2)C1)SC. The molecule has 2 unspecified atom stereocenters. The topological polar surface area (TPSA) is 21.3 Å². The lowest BCUT2D eigenvalue weighted by Gasteiger charge is -2.40. The Kier molecular flexibility index (Phi) is 5.94. The summed E-state index contributed by atoms with van der Waals surface area (Å²) in [5.74, 6) is 2.49. The molecule has 2 heterocycles. The van der Waals surface area contributed by atoms with Gasteiger partial charge < -0.3 is 10.1 Å². The monoisotopic (exact) mass is 303 g/mol. The quantitative estimate of drug-likeness (QED) is 0.810. The Morgan fingerprint density at radius 3 is 2.79 bits per heavy atom. The Bertz CT molecular complexity index is 267. The largest absolute Gasteiger partial charge is 0.374 e. The van der Waals surface area contributed by atoms with E-state index in [0.717, 1.165) is 13.2 Å². The van der Waals surface area contributed by atoms with E-state index in [2.05, 4.69) is 37.2 Å². The number of nitrogens with one attached hydrogen (secondary N) is 1. The third-order valence-corrected chi connectivity index (χ3v) is 7.81. The third kappa shape index (κ3) is 3.84. The van der Waals surface area contributed by atoms with Gasteiger partial charge in [-0.05, 0) is 44.1 Å². The highest BCUT2D eigenvalue weighted by molar-refractivity contribution is 8.00. The minimum Gasteiger partial charge on any atom is -0.374 e. The van der Waals surface area contributed by atoms with Crippen LogP contribution in [-0.4, -0.2) is 47.3 Å². The van der Waals surface area contributed by atoms with Crippen LogP contribution in [0.1, 0.15) is 46.0 Å². The summed E-state index contributed by atoms with van der Waals surface area (Å²) in [5.41, 5.74) is 0.209. The second-order valence-corrected chi connectivity index (χ2v) is 8.38. The number of thioether (sulfide) groups is 2. The molecule has 0 bridgehead atoms. The predicted octanol–water partition coefficient (Wildman–Crippen LogP) is 3.55. The van der Waals surface area contributed by atoms with Crippen LogP contribution in [0.15, 0.2) is 0 Å². The summed E-state index contributed by atoms with van der Waals surface area (Å²) in [7, 11) is 0. The van der Waals surface area contributed by atoms with E-state index in [4.69, 9.17) is 4.74 Å². The lowest BCUT2D eigenvalue weighted by atomic mass is 9.89. The first-order chi connectivity index (χ1) is 9.17. The molecule has 2 aliphatic heterocycles. The molecule has 4 heteroatoms. The second kappa shape index (κ2) is 7.06. The van der Waals surface area contributed by atoms with Crippen molar-refractivity contribution in [3.63, 3.8) is 0 Å².